The third kappa shape index (κ3) is 3.04. The van der Waals surface area contributed by atoms with Gasteiger partial charge in [0.15, 0.2) is 11.2 Å². The molecule has 0 aromatic carbocycles. The van der Waals surface area contributed by atoms with E-state index < -0.39 is 6.09 Å². The summed E-state index contributed by atoms with van der Waals surface area (Å²) in [7, 11) is 1.91. The Balaban J connectivity index is 1.64. The van der Waals surface area contributed by atoms with Crippen molar-refractivity contribution < 1.29 is 14.6 Å². The number of carbonyl (C=O) groups is 1. The van der Waals surface area contributed by atoms with Gasteiger partial charge >= 0.3 is 6.09 Å². The number of piperidine rings is 1. The van der Waals surface area contributed by atoms with Gasteiger partial charge in [0.2, 0.25) is 5.88 Å². The van der Waals surface area contributed by atoms with Crippen molar-refractivity contribution in [2.45, 2.75) is 39.3 Å². The van der Waals surface area contributed by atoms with Crippen LogP contribution in [0.25, 0.3) is 22.6 Å². The molecule has 28 heavy (non-hydrogen) atoms. The highest BCUT2D eigenvalue weighted by molar-refractivity contribution is 5.81. The Labute approximate surface area is 161 Å². The Bertz CT molecular complexity index is 1020. The number of aryl methyl sites for hydroxylation is 2. The van der Waals surface area contributed by atoms with Crippen LogP contribution < -0.4 is 4.74 Å². The van der Waals surface area contributed by atoms with E-state index in [2.05, 4.69) is 15.1 Å². The molecule has 0 atom stereocenters. The van der Waals surface area contributed by atoms with Crippen LogP contribution in [-0.4, -0.2) is 64.6 Å². The third-order valence-corrected chi connectivity index (χ3v) is 5.26. The molecule has 1 saturated heterocycles. The van der Waals surface area contributed by atoms with Crippen LogP contribution in [0.3, 0.4) is 0 Å². The highest BCUT2D eigenvalue weighted by atomic mass is 16.5. The van der Waals surface area contributed by atoms with Crippen molar-refractivity contribution in [3.8, 4) is 17.3 Å². The van der Waals surface area contributed by atoms with E-state index in [-0.39, 0.29) is 6.10 Å². The van der Waals surface area contributed by atoms with Gasteiger partial charge in [0, 0.05) is 45.2 Å². The average molecular weight is 385 g/mol. The Kier molecular flexibility index (Phi) is 4.62. The van der Waals surface area contributed by atoms with Crippen LogP contribution in [0.4, 0.5) is 4.79 Å². The maximum Gasteiger partial charge on any atom is 0.407 e. The van der Waals surface area contributed by atoms with Gasteiger partial charge in [-0.25, -0.2) is 14.8 Å². The molecule has 0 saturated carbocycles. The fraction of sp³-hybridized carbons (Fsp3) is 0.500. The number of imidazole rings is 1. The SMILES string of the molecule is CCn1ncc(-c2nc3c(OC4CCN(C(=O)O)CC4)ncnc3n2C)c1C. The Hall–Kier alpha value is -3.17. The van der Waals surface area contributed by atoms with Crippen LogP contribution in [0.5, 0.6) is 5.88 Å². The second-order valence-electron chi connectivity index (χ2n) is 6.89. The summed E-state index contributed by atoms with van der Waals surface area (Å²) in [5, 5.41) is 13.5. The van der Waals surface area contributed by atoms with Crippen molar-refractivity contribution in [3.63, 3.8) is 0 Å². The van der Waals surface area contributed by atoms with Gasteiger partial charge in [0.25, 0.3) is 0 Å². The van der Waals surface area contributed by atoms with Crippen LogP contribution in [0.15, 0.2) is 12.5 Å². The second-order valence-corrected chi connectivity index (χ2v) is 6.89. The molecule has 148 valence electrons. The standard InChI is InChI=1S/C18H23N7O3/c1-4-25-11(2)13(9-21-25)15-22-14-16(23(15)3)19-10-20-17(14)28-12-5-7-24(8-6-12)18(26)27/h9-10,12H,4-8H2,1-3H3,(H,26,27). The molecule has 0 spiro atoms. The van der Waals surface area contributed by atoms with E-state index in [0.29, 0.717) is 43.0 Å². The summed E-state index contributed by atoms with van der Waals surface area (Å²) in [6, 6.07) is 0. The molecule has 10 heteroatoms. The molecular weight excluding hydrogens is 362 g/mol. The second kappa shape index (κ2) is 7.10. The number of aromatic nitrogens is 6. The molecule has 1 aliphatic heterocycles. The molecule has 0 radical (unpaired) electrons. The number of nitrogens with zero attached hydrogens (tertiary/aromatic N) is 7. The van der Waals surface area contributed by atoms with Crippen molar-refractivity contribution >= 4 is 17.3 Å². The first-order chi connectivity index (χ1) is 13.5. The van der Waals surface area contributed by atoms with E-state index in [4.69, 9.17) is 14.8 Å². The largest absolute Gasteiger partial charge is 0.473 e. The number of fused-ring (bicyclic) bond motifs is 1. The minimum absolute atomic E-state index is 0.0938. The smallest absolute Gasteiger partial charge is 0.407 e. The molecule has 1 aliphatic rings. The van der Waals surface area contributed by atoms with Gasteiger partial charge in [0.05, 0.1) is 11.8 Å². The molecular formula is C18H23N7O3. The summed E-state index contributed by atoms with van der Waals surface area (Å²) in [6.07, 6.45) is 3.55. The van der Waals surface area contributed by atoms with Gasteiger partial charge in [-0.1, -0.05) is 0 Å². The molecule has 0 unspecified atom stereocenters. The zero-order valence-electron chi connectivity index (χ0n) is 16.2. The highest BCUT2D eigenvalue weighted by Crippen LogP contribution is 2.29. The van der Waals surface area contributed by atoms with E-state index in [1.54, 1.807) is 0 Å². The first-order valence-corrected chi connectivity index (χ1v) is 9.34. The first kappa shape index (κ1) is 18.2. The molecule has 3 aromatic heterocycles. The molecule has 10 nitrogen and oxygen atoms in total. The zero-order valence-corrected chi connectivity index (χ0v) is 16.2. The molecule has 3 aromatic rings. The van der Waals surface area contributed by atoms with Gasteiger partial charge in [-0.3, -0.25) is 4.68 Å². The molecule has 4 rings (SSSR count). The van der Waals surface area contributed by atoms with Gasteiger partial charge in [-0.2, -0.15) is 10.1 Å². The van der Waals surface area contributed by atoms with Crippen molar-refractivity contribution in [2.75, 3.05) is 13.1 Å². The fourth-order valence-electron chi connectivity index (χ4n) is 3.61. The number of likely N-dealkylation sites (tertiary alicyclic amines) is 1. The van der Waals surface area contributed by atoms with Gasteiger partial charge in [-0.15, -0.1) is 0 Å². The van der Waals surface area contributed by atoms with E-state index in [1.165, 1.54) is 11.2 Å². The number of amides is 1. The monoisotopic (exact) mass is 385 g/mol. The molecule has 1 amide bonds. The fourth-order valence-corrected chi connectivity index (χ4v) is 3.61. The topological polar surface area (TPSA) is 111 Å². The zero-order chi connectivity index (χ0) is 19.8. The Morgan fingerprint density at radius 3 is 2.71 bits per heavy atom. The van der Waals surface area contributed by atoms with E-state index in [9.17, 15) is 4.79 Å². The average Bonchev–Trinajstić information content (AvgIpc) is 3.22. The molecule has 1 fully saturated rings. The first-order valence-electron chi connectivity index (χ1n) is 9.34. The maximum absolute atomic E-state index is 11.1. The summed E-state index contributed by atoms with van der Waals surface area (Å²) in [5.74, 6) is 1.19. The van der Waals surface area contributed by atoms with Crippen molar-refractivity contribution in [3.05, 3.63) is 18.2 Å². The van der Waals surface area contributed by atoms with Crippen LogP contribution in [0.1, 0.15) is 25.5 Å². The molecule has 4 heterocycles. The van der Waals surface area contributed by atoms with E-state index in [0.717, 1.165) is 23.6 Å². The number of ether oxygens (including phenoxy) is 1. The normalized spacial score (nSPS) is 15.3. The Morgan fingerprint density at radius 2 is 2.07 bits per heavy atom. The minimum atomic E-state index is -0.889. The number of rotatable bonds is 4. The van der Waals surface area contributed by atoms with Crippen molar-refractivity contribution in [1.82, 2.24) is 34.2 Å². The maximum atomic E-state index is 11.1. The summed E-state index contributed by atoms with van der Waals surface area (Å²) < 4.78 is 9.93. The molecule has 0 aliphatic carbocycles. The summed E-state index contributed by atoms with van der Waals surface area (Å²) >= 11 is 0. The lowest BCUT2D eigenvalue weighted by molar-refractivity contribution is 0.0878. The van der Waals surface area contributed by atoms with Crippen LogP contribution in [0, 0.1) is 6.92 Å². The lowest BCUT2D eigenvalue weighted by Crippen LogP contribution is -2.41. The van der Waals surface area contributed by atoms with Gasteiger partial charge in [-0.05, 0) is 13.8 Å². The van der Waals surface area contributed by atoms with E-state index in [1.807, 2.05) is 36.3 Å². The van der Waals surface area contributed by atoms with Gasteiger partial charge in [0.1, 0.15) is 18.3 Å². The van der Waals surface area contributed by atoms with Crippen LogP contribution in [0.2, 0.25) is 0 Å². The molecule has 0 bridgehead atoms. The van der Waals surface area contributed by atoms with E-state index >= 15 is 0 Å². The predicted molar refractivity (Wildman–Crippen MR) is 101 cm³/mol. The number of carboxylic acid groups (broad SMARTS) is 1. The lowest BCUT2D eigenvalue weighted by Gasteiger charge is -2.29. The molecule has 1 N–H and O–H groups in total. The third-order valence-electron chi connectivity index (χ3n) is 5.26. The highest BCUT2D eigenvalue weighted by Gasteiger charge is 2.26. The minimum Gasteiger partial charge on any atom is -0.473 e. The Morgan fingerprint density at radius 1 is 1.32 bits per heavy atom. The van der Waals surface area contributed by atoms with Crippen LogP contribution >= 0.6 is 0 Å². The predicted octanol–water partition coefficient (Wildman–Crippen LogP) is 2.08. The number of hydrogen-bond acceptors (Lipinski definition) is 6. The quantitative estimate of drug-likeness (QED) is 0.732. The lowest BCUT2D eigenvalue weighted by atomic mass is 10.1. The summed E-state index contributed by atoms with van der Waals surface area (Å²) in [4.78, 5) is 25.9. The van der Waals surface area contributed by atoms with Gasteiger partial charge < -0.3 is 19.3 Å². The number of hydrogen-bond donors (Lipinski definition) is 1. The summed E-state index contributed by atoms with van der Waals surface area (Å²) in [5.41, 5.74) is 3.27. The van der Waals surface area contributed by atoms with Crippen molar-refractivity contribution in [2.24, 2.45) is 7.05 Å². The van der Waals surface area contributed by atoms with Crippen LogP contribution in [-0.2, 0) is 13.6 Å². The summed E-state index contributed by atoms with van der Waals surface area (Å²) in [6.45, 7) is 5.77. The van der Waals surface area contributed by atoms with Crippen molar-refractivity contribution in [1.29, 1.82) is 0 Å².